The molecule has 31 heavy (non-hydrogen) atoms. The van der Waals surface area contributed by atoms with Crippen LogP contribution < -0.4 is 14.8 Å². The average molecular weight is 445 g/mol. The first-order chi connectivity index (χ1) is 14.8. The van der Waals surface area contributed by atoms with Crippen LogP contribution in [0.25, 0.3) is 6.08 Å². The molecule has 3 rings (SSSR count). The van der Waals surface area contributed by atoms with Gasteiger partial charge in [-0.3, -0.25) is 4.79 Å². The number of methoxy groups -OCH3 is 2. The lowest BCUT2D eigenvalue weighted by Crippen LogP contribution is -2.35. The summed E-state index contributed by atoms with van der Waals surface area (Å²) in [5.41, 5.74) is 2.20. The number of sulfonamides is 1. The zero-order chi connectivity index (χ0) is 22.4. The number of nitrogens with one attached hydrogen (secondary N) is 1. The fourth-order valence-corrected chi connectivity index (χ4v) is 5.23. The fraction of sp³-hybridized carbons (Fsp3) is 0.348. The molecule has 0 unspecified atom stereocenters. The molecule has 0 bridgehead atoms. The Labute approximate surface area is 183 Å². The Bertz CT molecular complexity index is 1070. The quantitative estimate of drug-likeness (QED) is 0.656. The van der Waals surface area contributed by atoms with Gasteiger partial charge < -0.3 is 14.8 Å². The predicted octanol–water partition coefficient (Wildman–Crippen LogP) is 3.84. The molecule has 7 nitrogen and oxygen atoms in total. The van der Waals surface area contributed by atoms with Gasteiger partial charge in [0, 0.05) is 30.4 Å². The second-order valence-electron chi connectivity index (χ2n) is 7.40. The molecule has 2 aromatic rings. The van der Waals surface area contributed by atoms with Crippen molar-refractivity contribution in [2.24, 2.45) is 0 Å². The van der Waals surface area contributed by atoms with Gasteiger partial charge in [-0.2, -0.15) is 4.31 Å². The molecular weight excluding hydrogens is 416 g/mol. The maximum absolute atomic E-state index is 13.1. The normalized spacial score (nSPS) is 15.1. The third-order valence-electron chi connectivity index (χ3n) is 5.16. The van der Waals surface area contributed by atoms with Gasteiger partial charge >= 0.3 is 0 Å². The van der Waals surface area contributed by atoms with E-state index in [1.165, 1.54) is 23.6 Å². The zero-order valence-corrected chi connectivity index (χ0v) is 18.9. The van der Waals surface area contributed by atoms with Crippen LogP contribution in [-0.4, -0.2) is 45.9 Å². The van der Waals surface area contributed by atoms with E-state index in [4.69, 9.17) is 9.47 Å². The van der Waals surface area contributed by atoms with E-state index in [9.17, 15) is 13.2 Å². The van der Waals surface area contributed by atoms with Gasteiger partial charge in [-0.15, -0.1) is 0 Å². The number of benzene rings is 2. The third-order valence-corrected chi connectivity index (χ3v) is 7.08. The van der Waals surface area contributed by atoms with E-state index in [1.807, 2.05) is 25.1 Å². The first kappa shape index (κ1) is 22.8. The topological polar surface area (TPSA) is 84.9 Å². The molecular formula is C23H28N2O5S. The molecule has 166 valence electrons. The lowest BCUT2D eigenvalue weighted by molar-refractivity contribution is -0.111. The van der Waals surface area contributed by atoms with Gasteiger partial charge in [0.25, 0.3) is 0 Å². The highest BCUT2D eigenvalue weighted by Gasteiger charge is 2.29. The minimum absolute atomic E-state index is 0.0547. The van der Waals surface area contributed by atoms with Gasteiger partial charge in [0.05, 0.1) is 14.2 Å². The highest BCUT2D eigenvalue weighted by atomic mass is 32.2. The van der Waals surface area contributed by atoms with Crippen LogP contribution in [0.2, 0.25) is 0 Å². The molecule has 1 aliphatic rings. The van der Waals surface area contributed by atoms with Crippen molar-refractivity contribution in [3.8, 4) is 11.5 Å². The van der Waals surface area contributed by atoms with E-state index in [-0.39, 0.29) is 16.6 Å². The van der Waals surface area contributed by atoms with Gasteiger partial charge in [0.15, 0.2) is 0 Å². The number of carbonyl (C=O) groups excluding carboxylic acids is 1. The Balaban J connectivity index is 1.81. The van der Waals surface area contributed by atoms with Crippen LogP contribution in [0.1, 0.15) is 30.4 Å². The molecule has 1 saturated heterocycles. The van der Waals surface area contributed by atoms with Crippen LogP contribution in [-0.2, 0) is 14.8 Å². The van der Waals surface area contributed by atoms with Crippen molar-refractivity contribution in [1.82, 2.24) is 4.31 Å². The van der Waals surface area contributed by atoms with Gasteiger partial charge in [0.2, 0.25) is 15.9 Å². The van der Waals surface area contributed by atoms with E-state index in [0.29, 0.717) is 24.5 Å². The number of amides is 1. The zero-order valence-electron chi connectivity index (χ0n) is 18.1. The summed E-state index contributed by atoms with van der Waals surface area (Å²) < 4.78 is 38.3. The Kier molecular flexibility index (Phi) is 7.35. The summed E-state index contributed by atoms with van der Waals surface area (Å²) in [4.78, 5) is 12.5. The van der Waals surface area contributed by atoms with Crippen molar-refractivity contribution < 1.29 is 22.7 Å². The first-order valence-corrected chi connectivity index (χ1v) is 11.6. The Morgan fingerprint density at radius 3 is 2.35 bits per heavy atom. The number of ether oxygens (including phenoxy) is 2. The number of nitrogens with zero attached hydrogens (tertiary/aromatic N) is 1. The molecule has 0 aliphatic carbocycles. The smallest absolute Gasteiger partial charge is 0.248 e. The molecule has 0 saturated carbocycles. The molecule has 0 atom stereocenters. The SMILES string of the molecule is COc1ccc(C)cc1C=CC(=O)Nc1ccc(OC)c(S(=O)(=O)N2CCCCC2)c1. The summed E-state index contributed by atoms with van der Waals surface area (Å²) in [6.07, 6.45) is 5.75. The van der Waals surface area contributed by atoms with Crippen molar-refractivity contribution in [2.75, 3.05) is 32.6 Å². The molecule has 1 fully saturated rings. The lowest BCUT2D eigenvalue weighted by Gasteiger charge is -2.26. The van der Waals surface area contributed by atoms with Crippen molar-refractivity contribution >= 4 is 27.7 Å². The monoisotopic (exact) mass is 444 g/mol. The minimum Gasteiger partial charge on any atom is -0.496 e. The second-order valence-corrected chi connectivity index (χ2v) is 9.30. The molecule has 1 heterocycles. The number of hydrogen-bond acceptors (Lipinski definition) is 5. The molecule has 1 N–H and O–H groups in total. The largest absolute Gasteiger partial charge is 0.496 e. The number of aryl methyl sites for hydroxylation is 1. The molecule has 0 radical (unpaired) electrons. The molecule has 8 heteroatoms. The summed E-state index contributed by atoms with van der Waals surface area (Å²) in [5, 5.41) is 2.73. The highest BCUT2D eigenvalue weighted by Crippen LogP contribution is 2.31. The van der Waals surface area contributed by atoms with Crippen LogP contribution in [0.5, 0.6) is 11.5 Å². The maximum atomic E-state index is 13.1. The van der Waals surface area contributed by atoms with E-state index < -0.39 is 10.0 Å². The highest BCUT2D eigenvalue weighted by molar-refractivity contribution is 7.89. The fourth-order valence-electron chi connectivity index (χ4n) is 3.53. The Morgan fingerprint density at radius 2 is 1.68 bits per heavy atom. The number of rotatable bonds is 7. The predicted molar refractivity (Wildman–Crippen MR) is 121 cm³/mol. The number of carbonyl (C=O) groups is 1. The Hall–Kier alpha value is -2.84. The van der Waals surface area contributed by atoms with Crippen LogP contribution in [0.3, 0.4) is 0 Å². The lowest BCUT2D eigenvalue weighted by atomic mass is 10.1. The van der Waals surface area contributed by atoms with Gasteiger partial charge in [-0.05, 0) is 56.2 Å². The van der Waals surface area contributed by atoms with Crippen molar-refractivity contribution in [1.29, 1.82) is 0 Å². The van der Waals surface area contributed by atoms with E-state index in [0.717, 1.165) is 30.4 Å². The van der Waals surface area contributed by atoms with E-state index in [2.05, 4.69) is 5.32 Å². The number of anilines is 1. The van der Waals surface area contributed by atoms with Crippen LogP contribution in [0.15, 0.2) is 47.4 Å². The summed E-state index contributed by atoms with van der Waals surface area (Å²) in [6, 6.07) is 10.3. The second kappa shape index (κ2) is 9.98. The number of piperidine rings is 1. The minimum atomic E-state index is -3.71. The summed E-state index contributed by atoms with van der Waals surface area (Å²) in [7, 11) is -0.705. The van der Waals surface area contributed by atoms with Crippen LogP contribution in [0.4, 0.5) is 5.69 Å². The first-order valence-electron chi connectivity index (χ1n) is 10.2. The third kappa shape index (κ3) is 5.45. The van der Waals surface area contributed by atoms with Crippen molar-refractivity contribution in [3.05, 3.63) is 53.6 Å². The average Bonchev–Trinajstić information content (AvgIpc) is 2.78. The molecule has 2 aromatic carbocycles. The van der Waals surface area contributed by atoms with Crippen LogP contribution in [0, 0.1) is 6.92 Å². The molecule has 0 aromatic heterocycles. The van der Waals surface area contributed by atoms with Gasteiger partial charge in [0.1, 0.15) is 16.4 Å². The van der Waals surface area contributed by atoms with Crippen LogP contribution >= 0.6 is 0 Å². The van der Waals surface area contributed by atoms with Gasteiger partial charge in [-0.25, -0.2) is 8.42 Å². The van der Waals surface area contributed by atoms with E-state index in [1.54, 1.807) is 25.3 Å². The van der Waals surface area contributed by atoms with Crippen molar-refractivity contribution in [3.63, 3.8) is 0 Å². The number of hydrogen-bond donors (Lipinski definition) is 1. The summed E-state index contributed by atoms with van der Waals surface area (Å²) >= 11 is 0. The Morgan fingerprint density at radius 1 is 1.00 bits per heavy atom. The summed E-state index contributed by atoms with van der Waals surface area (Å²) in [6.45, 7) is 2.94. The molecule has 0 spiro atoms. The standard InChI is InChI=1S/C23H28N2O5S/c1-17-7-10-20(29-2)18(15-17)8-12-23(26)24-19-9-11-21(30-3)22(16-19)31(27,28)25-13-5-4-6-14-25/h7-12,15-16H,4-6,13-14H2,1-3H3,(H,24,26). The summed E-state index contributed by atoms with van der Waals surface area (Å²) in [5.74, 6) is 0.535. The van der Waals surface area contributed by atoms with Crippen molar-refractivity contribution in [2.45, 2.75) is 31.1 Å². The van der Waals surface area contributed by atoms with Gasteiger partial charge in [-0.1, -0.05) is 18.1 Å². The van der Waals surface area contributed by atoms with E-state index >= 15 is 0 Å². The maximum Gasteiger partial charge on any atom is 0.248 e. The molecule has 1 aliphatic heterocycles. The molecule has 1 amide bonds.